The van der Waals surface area contributed by atoms with Crippen LogP contribution in [0.1, 0.15) is 11.4 Å². The predicted molar refractivity (Wildman–Crippen MR) is 68.3 cm³/mol. The topological polar surface area (TPSA) is 30.7 Å². The van der Waals surface area contributed by atoms with Crippen LogP contribution in [-0.4, -0.2) is 14.5 Å². The van der Waals surface area contributed by atoms with Crippen LogP contribution < -0.4 is 0 Å². The zero-order valence-corrected chi connectivity index (χ0v) is 10.2. The molecule has 0 amide bonds. The number of aromatic nitrogens is 3. The lowest BCUT2D eigenvalue weighted by Crippen LogP contribution is -1.98. The van der Waals surface area contributed by atoms with Crippen molar-refractivity contribution in [2.45, 2.75) is 13.8 Å². The first-order valence-electron chi connectivity index (χ1n) is 5.72. The molecule has 0 radical (unpaired) electrons. The standard InChI is InChI=1S/C14H12FN3/c1-9-8-18(14-5-6-16-10(2)17-14)13-4-3-11(15)7-12(9)13/h3-8H,1-2H3. The summed E-state index contributed by atoms with van der Waals surface area (Å²) in [6.45, 7) is 3.81. The molecule has 0 spiro atoms. The van der Waals surface area contributed by atoms with Crippen molar-refractivity contribution >= 4 is 10.9 Å². The van der Waals surface area contributed by atoms with E-state index in [-0.39, 0.29) is 5.82 Å². The second-order valence-corrected chi connectivity index (χ2v) is 4.31. The molecule has 2 heterocycles. The van der Waals surface area contributed by atoms with E-state index in [1.54, 1.807) is 18.3 Å². The molecule has 0 saturated carbocycles. The highest BCUT2D eigenvalue weighted by atomic mass is 19.1. The van der Waals surface area contributed by atoms with Crippen LogP contribution in [0.2, 0.25) is 0 Å². The number of fused-ring (bicyclic) bond motifs is 1. The minimum atomic E-state index is -0.220. The minimum absolute atomic E-state index is 0.220. The summed E-state index contributed by atoms with van der Waals surface area (Å²) in [5, 5.41) is 0.909. The van der Waals surface area contributed by atoms with Gasteiger partial charge in [-0.15, -0.1) is 0 Å². The molecular formula is C14H12FN3. The molecule has 0 aliphatic carbocycles. The largest absolute Gasteiger partial charge is 0.301 e. The molecule has 1 aromatic carbocycles. The Bertz CT molecular complexity index is 731. The average molecular weight is 241 g/mol. The maximum Gasteiger partial charge on any atom is 0.140 e. The Hall–Kier alpha value is -2.23. The molecule has 0 aliphatic heterocycles. The Morgan fingerprint density at radius 3 is 2.78 bits per heavy atom. The van der Waals surface area contributed by atoms with Gasteiger partial charge >= 0.3 is 0 Å². The Balaban J connectivity index is 2.30. The fraction of sp³-hybridized carbons (Fsp3) is 0.143. The Morgan fingerprint density at radius 1 is 1.17 bits per heavy atom. The van der Waals surface area contributed by atoms with E-state index >= 15 is 0 Å². The van der Waals surface area contributed by atoms with Gasteiger partial charge in [0.25, 0.3) is 0 Å². The summed E-state index contributed by atoms with van der Waals surface area (Å²) < 4.78 is 15.2. The molecule has 0 N–H and O–H groups in total. The van der Waals surface area contributed by atoms with Gasteiger partial charge in [0.15, 0.2) is 0 Å². The quantitative estimate of drug-likeness (QED) is 0.655. The molecule has 90 valence electrons. The first-order chi connectivity index (χ1) is 8.65. The summed E-state index contributed by atoms with van der Waals surface area (Å²) in [5.41, 5.74) is 1.98. The highest BCUT2D eigenvalue weighted by Crippen LogP contribution is 2.24. The SMILES string of the molecule is Cc1nccc(-n2cc(C)c3cc(F)ccc32)n1. The number of nitrogens with zero attached hydrogens (tertiary/aromatic N) is 3. The van der Waals surface area contributed by atoms with Crippen LogP contribution in [-0.2, 0) is 0 Å². The van der Waals surface area contributed by atoms with Crippen molar-refractivity contribution in [1.29, 1.82) is 0 Å². The lowest BCUT2D eigenvalue weighted by Gasteiger charge is -2.04. The number of hydrogen-bond donors (Lipinski definition) is 0. The maximum absolute atomic E-state index is 13.3. The van der Waals surface area contributed by atoms with E-state index in [9.17, 15) is 4.39 Å². The van der Waals surface area contributed by atoms with Crippen molar-refractivity contribution < 1.29 is 4.39 Å². The van der Waals surface area contributed by atoms with Gasteiger partial charge in [0.05, 0.1) is 5.52 Å². The molecule has 0 aliphatic rings. The van der Waals surface area contributed by atoms with Gasteiger partial charge in [-0.3, -0.25) is 0 Å². The van der Waals surface area contributed by atoms with Crippen molar-refractivity contribution in [3.63, 3.8) is 0 Å². The molecule has 3 aromatic rings. The molecule has 3 nitrogen and oxygen atoms in total. The fourth-order valence-electron chi connectivity index (χ4n) is 2.13. The third kappa shape index (κ3) is 1.66. The Morgan fingerprint density at radius 2 is 2.00 bits per heavy atom. The van der Waals surface area contributed by atoms with Gasteiger partial charge in [-0.25, -0.2) is 14.4 Å². The molecule has 2 aromatic heterocycles. The summed E-state index contributed by atoms with van der Waals surface area (Å²) in [5.74, 6) is 1.29. The van der Waals surface area contributed by atoms with Crippen LogP contribution in [0.25, 0.3) is 16.7 Å². The molecular weight excluding hydrogens is 229 g/mol. The summed E-state index contributed by atoms with van der Waals surface area (Å²) in [7, 11) is 0. The van der Waals surface area contributed by atoms with Crippen LogP contribution in [0.5, 0.6) is 0 Å². The molecule has 18 heavy (non-hydrogen) atoms. The second kappa shape index (κ2) is 3.91. The average Bonchev–Trinajstić information content (AvgIpc) is 2.67. The molecule has 0 bridgehead atoms. The number of hydrogen-bond acceptors (Lipinski definition) is 2. The third-order valence-corrected chi connectivity index (χ3v) is 2.97. The van der Waals surface area contributed by atoms with Gasteiger partial charge in [0.2, 0.25) is 0 Å². The van der Waals surface area contributed by atoms with Gasteiger partial charge < -0.3 is 4.57 Å². The minimum Gasteiger partial charge on any atom is -0.301 e. The van der Waals surface area contributed by atoms with Gasteiger partial charge in [0.1, 0.15) is 17.5 Å². The van der Waals surface area contributed by atoms with Crippen molar-refractivity contribution in [3.8, 4) is 5.82 Å². The zero-order chi connectivity index (χ0) is 12.7. The summed E-state index contributed by atoms with van der Waals surface area (Å²) >= 11 is 0. The van der Waals surface area contributed by atoms with Crippen molar-refractivity contribution in [2.24, 2.45) is 0 Å². The number of rotatable bonds is 1. The lowest BCUT2D eigenvalue weighted by atomic mass is 10.2. The highest BCUT2D eigenvalue weighted by Gasteiger charge is 2.08. The number of halogens is 1. The van der Waals surface area contributed by atoms with Gasteiger partial charge in [-0.2, -0.15) is 0 Å². The van der Waals surface area contributed by atoms with Gasteiger partial charge in [-0.1, -0.05) is 0 Å². The van der Waals surface area contributed by atoms with E-state index < -0.39 is 0 Å². The fourth-order valence-corrected chi connectivity index (χ4v) is 2.13. The molecule has 0 saturated heterocycles. The van der Waals surface area contributed by atoms with E-state index in [4.69, 9.17) is 0 Å². The van der Waals surface area contributed by atoms with E-state index in [0.29, 0.717) is 5.82 Å². The van der Waals surface area contributed by atoms with E-state index in [2.05, 4.69) is 9.97 Å². The highest BCUT2D eigenvalue weighted by molar-refractivity contribution is 5.85. The first kappa shape index (κ1) is 10.9. The van der Waals surface area contributed by atoms with Crippen LogP contribution >= 0.6 is 0 Å². The molecule has 0 atom stereocenters. The summed E-state index contributed by atoms with van der Waals surface area (Å²) in [6, 6.07) is 6.63. The molecule has 0 fully saturated rings. The van der Waals surface area contributed by atoms with Crippen LogP contribution in [0.4, 0.5) is 4.39 Å². The first-order valence-corrected chi connectivity index (χ1v) is 5.72. The van der Waals surface area contributed by atoms with E-state index in [0.717, 1.165) is 22.3 Å². The van der Waals surface area contributed by atoms with Crippen LogP contribution in [0.15, 0.2) is 36.7 Å². The molecule has 0 unspecified atom stereocenters. The Labute approximate surface area is 104 Å². The summed E-state index contributed by atoms with van der Waals surface area (Å²) in [6.07, 6.45) is 3.69. The normalized spacial score (nSPS) is 11.1. The van der Waals surface area contributed by atoms with E-state index in [1.165, 1.54) is 6.07 Å². The smallest absolute Gasteiger partial charge is 0.140 e. The number of benzene rings is 1. The third-order valence-electron chi connectivity index (χ3n) is 2.97. The molecule has 3 rings (SSSR count). The zero-order valence-electron chi connectivity index (χ0n) is 10.2. The maximum atomic E-state index is 13.3. The predicted octanol–water partition coefficient (Wildman–Crippen LogP) is 3.18. The van der Waals surface area contributed by atoms with Gasteiger partial charge in [-0.05, 0) is 43.7 Å². The van der Waals surface area contributed by atoms with Crippen LogP contribution in [0, 0.1) is 19.7 Å². The number of aryl methyl sites for hydroxylation is 2. The second-order valence-electron chi connectivity index (χ2n) is 4.31. The van der Waals surface area contributed by atoms with E-state index in [1.807, 2.05) is 30.7 Å². The van der Waals surface area contributed by atoms with Crippen molar-refractivity contribution in [1.82, 2.24) is 14.5 Å². The lowest BCUT2D eigenvalue weighted by molar-refractivity contribution is 0.629. The van der Waals surface area contributed by atoms with Crippen molar-refractivity contribution in [3.05, 3.63) is 53.9 Å². The monoisotopic (exact) mass is 241 g/mol. The van der Waals surface area contributed by atoms with Gasteiger partial charge in [0, 0.05) is 17.8 Å². The van der Waals surface area contributed by atoms with Crippen molar-refractivity contribution in [2.75, 3.05) is 0 Å². The molecule has 4 heteroatoms. The Kier molecular flexibility index (Phi) is 2.37. The van der Waals surface area contributed by atoms with Crippen LogP contribution in [0.3, 0.4) is 0 Å². The summed E-state index contributed by atoms with van der Waals surface area (Å²) in [4.78, 5) is 8.47.